The van der Waals surface area contributed by atoms with Crippen LogP contribution in [0.4, 0.5) is 5.82 Å². The third-order valence-corrected chi connectivity index (χ3v) is 3.07. The average molecular weight is 287 g/mol. The van der Waals surface area contributed by atoms with Gasteiger partial charge in [-0.3, -0.25) is 4.90 Å². The summed E-state index contributed by atoms with van der Waals surface area (Å²) in [6.07, 6.45) is 3.28. The van der Waals surface area contributed by atoms with Crippen LogP contribution in [-0.4, -0.2) is 54.3 Å². The third-order valence-electron chi connectivity index (χ3n) is 2.49. The molecule has 2 rings (SSSR count). The SMILES string of the molecule is Brc1cncnc1NCCN1CCOCC1. The van der Waals surface area contributed by atoms with Gasteiger partial charge >= 0.3 is 0 Å². The molecule has 2 heterocycles. The van der Waals surface area contributed by atoms with Gasteiger partial charge in [0.15, 0.2) is 0 Å². The number of ether oxygens (including phenoxy) is 1. The predicted octanol–water partition coefficient (Wildman–Crippen LogP) is 0.983. The van der Waals surface area contributed by atoms with Gasteiger partial charge in [-0.1, -0.05) is 0 Å². The molecular formula is C10H15BrN4O. The van der Waals surface area contributed by atoms with Crippen LogP contribution in [0.15, 0.2) is 17.0 Å². The highest BCUT2D eigenvalue weighted by Crippen LogP contribution is 2.16. The van der Waals surface area contributed by atoms with E-state index in [9.17, 15) is 0 Å². The first kappa shape index (κ1) is 11.8. The molecule has 0 amide bonds. The number of anilines is 1. The summed E-state index contributed by atoms with van der Waals surface area (Å²) in [5.41, 5.74) is 0. The van der Waals surface area contributed by atoms with E-state index in [4.69, 9.17) is 4.74 Å². The summed E-state index contributed by atoms with van der Waals surface area (Å²) in [6, 6.07) is 0. The summed E-state index contributed by atoms with van der Waals surface area (Å²) in [5.74, 6) is 0.850. The van der Waals surface area contributed by atoms with E-state index in [1.54, 1.807) is 12.5 Å². The lowest BCUT2D eigenvalue weighted by Crippen LogP contribution is -2.39. The zero-order valence-electron chi connectivity index (χ0n) is 9.03. The minimum Gasteiger partial charge on any atom is -0.379 e. The summed E-state index contributed by atoms with van der Waals surface area (Å²) in [7, 11) is 0. The fourth-order valence-electron chi connectivity index (χ4n) is 1.60. The topological polar surface area (TPSA) is 50.3 Å². The molecule has 0 bridgehead atoms. The second kappa shape index (κ2) is 6.12. The van der Waals surface area contributed by atoms with Gasteiger partial charge < -0.3 is 10.1 Å². The molecule has 0 aliphatic carbocycles. The highest BCUT2D eigenvalue weighted by atomic mass is 79.9. The van der Waals surface area contributed by atoms with Crippen LogP contribution in [0.1, 0.15) is 0 Å². The molecule has 0 aromatic carbocycles. The third kappa shape index (κ3) is 3.40. The van der Waals surface area contributed by atoms with Crippen molar-refractivity contribution in [3.05, 3.63) is 17.0 Å². The van der Waals surface area contributed by atoms with E-state index in [0.29, 0.717) is 0 Å². The molecule has 16 heavy (non-hydrogen) atoms. The number of rotatable bonds is 4. The van der Waals surface area contributed by atoms with Crippen molar-refractivity contribution in [2.24, 2.45) is 0 Å². The Labute approximate surface area is 103 Å². The minimum atomic E-state index is 0.844. The molecule has 5 nitrogen and oxygen atoms in total. The number of aromatic nitrogens is 2. The number of morpholine rings is 1. The summed E-state index contributed by atoms with van der Waals surface area (Å²) in [6.45, 7) is 5.63. The molecule has 1 aliphatic rings. The molecule has 88 valence electrons. The monoisotopic (exact) mass is 286 g/mol. The van der Waals surface area contributed by atoms with Crippen LogP contribution in [-0.2, 0) is 4.74 Å². The van der Waals surface area contributed by atoms with Gasteiger partial charge in [-0.2, -0.15) is 0 Å². The first-order valence-corrected chi connectivity index (χ1v) is 6.15. The molecule has 0 spiro atoms. The maximum Gasteiger partial charge on any atom is 0.143 e. The average Bonchev–Trinajstić information content (AvgIpc) is 2.33. The smallest absolute Gasteiger partial charge is 0.143 e. The second-order valence-corrected chi connectivity index (χ2v) is 4.45. The van der Waals surface area contributed by atoms with Gasteiger partial charge in [-0.05, 0) is 15.9 Å². The maximum atomic E-state index is 5.29. The molecule has 0 atom stereocenters. The number of nitrogens with one attached hydrogen (secondary N) is 1. The summed E-state index contributed by atoms with van der Waals surface area (Å²) >= 11 is 3.40. The Kier molecular flexibility index (Phi) is 4.50. The van der Waals surface area contributed by atoms with Gasteiger partial charge in [0.25, 0.3) is 0 Å². The van der Waals surface area contributed by atoms with Crippen LogP contribution in [0.25, 0.3) is 0 Å². The van der Waals surface area contributed by atoms with Crippen LogP contribution in [0, 0.1) is 0 Å². The van der Waals surface area contributed by atoms with E-state index in [-0.39, 0.29) is 0 Å². The Bertz CT molecular complexity index is 330. The molecule has 1 aromatic heterocycles. The molecule has 0 unspecified atom stereocenters. The van der Waals surface area contributed by atoms with Gasteiger partial charge in [-0.25, -0.2) is 9.97 Å². The van der Waals surface area contributed by atoms with Gasteiger partial charge in [0.1, 0.15) is 12.1 Å². The molecule has 0 radical (unpaired) electrons. The van der Waals surface area contributed by atoms with Crippen molar-refractivity contribution in [3.8, 4) is 0 Å². The van der Waals surface area contributed by atoms with E-state index in [0.717, 1.165) is 49.7 Å². The van der Waals surface area contributed by atoms with Crippen LogP contribution >= 0.6 is 15.9 Å². The lowest BCUT2D eigenvalue weighted by atomic mass is 10.4. The van der Waals surface area contributed by atoms with Crippen molar-refractivity contribution in [1.82, 2.24) is 14.9 Å². The highest BCUT2D eigenvalue weighted by Gasteiger charge is 2.09. The molecule has 1 N–H and O–H groups in total. The standard InChI is InChI=1S/C10H15BrN4O/c11-9-7-12-8-14-10(9)13-1-2-15-3-5-16-6-4-15/h7-8H,1-6H2,(H,12,13,14). The van der Waals surface area contributed by atoms with Gasteiger partial charge in [0.2, 0.25) is 0 Å². The van der Waals surface area contributed by atoms with Gasteiger partial charge in [0, 0.05) is 32.4 Å². The fraction of sp³-hybridized carbons (Fsp3) is 0.600. The number of hydrogen-bond donors (Lipinski definition) is 1. The lowest BCUT2D eigenvalue weighted by Gasteiger charge is -2.26. The van der Waals surface area contributed by atoms with Crippen LogP contribution in [0.5, 0.6) is 0 Å². The Morgan fingerprint density at radius 1 is 1.44 bits per heavy atom. The number of hydrogen-bond acceptors (Lipinski definition) is 5. The Balaban J connectivity index is 1.73. The molecule has 0 saturated carbocycles. The van der Waals surface area contributed by atoms with Crippen molar-refractivity contribution in [2.45, 2.75) is 0 Å². The Morgan fingerprint density at radius 3 is 3.00 bits per heavy atom. The number of nitrogens with zero attached hydrogens (tertiary/aromatic N) is 3. The van der Waals surface area contributed by atoms with Gasteiger partial charge in [0.05, 0.1) is 17.7 Å². The van der Waals surface area contributed by atoms with E-state index in [1.165, 1.54) is 0 Å². The van der Waals surface area contributed by atoms with Crippen LogP contribution in [0.2, 0.25) is 0 Å². The van der Waals surface area contributed by atoms with E-state index in [1.807, 2.05) is 0 Å². The predicted molar refractivity (Wildman–Crippen MR) is 65.5 cm³/mol. The molecule has 1 aliphatic heterocycles. The quantitative estimate of drug-likeness (QED) is 0.894. The van der Waals surface area contributed by atoms with Crippen molar-refractivity contribution in [1.29, 1.82) is 0 Å². The number of halogens is 1. The molecular weight excluding hydrogens is 272 g/mol. The lowest BCUT2D eigenvalue weighted by molar-refractivity contribution is 0.0398. The summed E-state index contributed by atoms with van der Waals surface area (Å²) in [5, 5.41) is 3.28. The molecule has 1 saturated heterocycles. The zero-order valence-corrected chi connectivity index (χ0v) is 10.6. The molecule has 6 heteroatoms. The molecule has 1 aromatic rings. The fourth-order valence-corrected chi connectivity index (χ4v) is 1.96. The first-order chi connectivity index (χ1) is 7.86. The normalized spacial score (nSPS) is 17.3. The summed E-state index contributed by atoms with van der Waals surface area (Å²) in [4.78, 5) is 10.4. The highest BCUT2D eigenvalue weighted by molar-refractivity contribution is 9.10. The van der Waals surface area contributed by atoms with E-state index in [2.05, 4.69) is 36.1 Å². The first-order valence-electron chi connectivity index (χ1n) is 5.36. The maximum absolute atomic E-state index is 5.29. The Hall–Kier alpha value is -0.720. The van der Waals surface area contributed by atoms with Crippen LogP contribution < -0.4 is 5.32 Å². The Morgan fingerprint density at radius 2 is 2.25 bits per heavy atom. The summed E-state index contributed by atoms with van der Waals surface area (Å²) < 4.78 is 6.19. The van der Waals surface area contributed by atoms with E-state index < -0.39 is 0 Å². The van der Waals surface area contributed by atoms with Crippen molar-refractivity contribution in [2.75, 3.05) is 44.7 Å². The van der Waals surface area contributed by atoms with Crippen molar-refractivity contribution >= 4 is 21.7 Å². The van der Waals surface area contributed by atoms with Crippen molar-refractivity contribution < 1.29 is 4.74 Å². The van der Waals surface area contributed by atoms with Crippen molar-refractivity contribution in [3.63, 3.8) is 0 Å². The molecule has 1 fully saturated rings. The minimum absolute atomic E-state index is 0.844. The van der Waals surface area contributed by atoms with Gasteiger partial charge in [-0.15, -0.1) is 0 Å². The zero-order chi connectivity index (χ0) is 11.2. The van der Waals surface area contributed by atoms with E-state index >= 15 is 0 Å². The largest absolute Gasteiger partial charge is 0.379 e. The van der Waals surface area contributed by atoms with Crippen LogP contribution in [0.3, 0.4) is 0 Å². The second-order valence-electron chi connectivity index (χ2n) is 3.60.